The first-order valence-electron chi connectivity index (χ1n) is 9.34. The molecule has 5 heteroatoms. The minimum Gasteiger partial charge on any atom is -0.390 e. The zero-order valence-electron chi connectivity index (χ0n) is 15.2. The normalized spacial score (nSPS) is 46.8. The molecule has 0 heterocycles. The molecule has 140 valence electrons. The molecule has 4 rings (SSSR count). The Hall–Kier alpha value is -1.59. The summed E-state index contributed by atoms with van der Waals surface area (Å²) >= 11 is 0. The molecule has 0 unspecified atom stereocenters. The van der Waals surface area contributed by atoms with Crippen molar-refractivity contribution in [3.8, 4) is 0 Å². The smallest absolute Gasteiger partial charge is 0.184 e. The van der Waals surface area contributed by atoms with E-state index in [-0.39, 0.29) is 23.9 Å². The Morgan fingerprint density at radius 1 is 1.35 bits per heavy atom. The number of hydrogen-bond acceptors (Lipinski definition) is 4. The highest BCUT2D eigenvalue weighted by Gasteiger charge is 2.69. The molecular weight excluding hydrogens is 335 g/mol. The molecule has 4 aliphatic rings. The second kappa shape index (κ2) is 5.46. The molecule has 2 saturated carbocycles. The lowest BCUT2D eigenvalue weighted by Gasteiger charge is -2.61. The van der Waals surface area contributed by atoms with Crippen LogP contribution < -0.4 is 0 Å². The quantitative estimate of drug-likeness (QED) is 0.793. The summed E-state index contributed by atoms with van der Waals surface area (Å²) in [6, 6.07) is 0. The molecule has 26 heavy (non-hydrogen) atoms. The highest BCUT2D eigenvalue weighted by Crippen LogP contribution is 2.67. The molecule has 0 aromatic rings. The van der Waals surface area contributed by atoms with Crippen LogP contribution in [0.1, 0.15) is 39.5 Å². The highest BCUT2D eigenvalue weighted by molar-refractivity contribution is 6.01. The third-order valence-corrected chi connectivity index (χ3v) is 7.67. The van der Waals surface area contributed by atoms with E-state index in [1.165, 1.54) is 12.2 Å². The van der Waals surface area contributed by atoms with Gasteiger partial charge in [-0.15, -0.1) is 0 Å². The second-order valence-corrected chi connectivity index (χ2v) is 8.70. The zero-order chi connectivity index (χ0) is 18.9. The first-order valence-corrected chi connectivity index (χ1v) is 9.34. The summed E-state index contributed by atoms with van der Waals surface area (Å²) in [5.41, 5.74) is -2.21. The fourth-order valence-corrected chi connectivity index (χ4v) is 6.30. The Morgan fingerprint density at radius 3 is 2.77 bits per heavy atom. The number of allylic oxidation sites excluding steroid dienone is 5. The summed E-state index contributed by atoms with van der Waals surface area (Å²) in [7, 11) is 0. The maximum absolute atomic E-state index is 16.7. The van der Waals surface area contributed by atoms with E-state index in [4.69, 9.17) is 0 Å². The van der Waals surface area contributed by atoms with Gasteiger partial charge in [-0.05, 0) is 56.3 Å². The van der Waals surface area contributed by atoms with E-state index in [9.17, 15) is 19.8 Å². The largest absolute Gasteiger partial charge is 0.390 e. The molecule has 6 atom stereocenters. The van der Waals surface area contributed by atoms with Crippen molar-refractivity contribution >= 4 is 11.6 Å². The van der Waals surface area contributed by atoms with Crippen LogP contribution >= 0.6 is 0 Å². The van der Waals surface area contributed by atoms with Crippen LogP contribution in [0.3, 0.4) is 0 Å². The summed E-state index contributed by atoms with van der Waals surface area (Å²) in [6.07, 6.45) is 7.03. The van der Waals surface area contributed by atoms with E-state index in [2.05, 4.69) is 0 Å². The number of Topliss-reactive ketones (excluding diaryl/α,β-unsaturated/α-hetero) is 1. The van der Waals surface area contributed by atoms with E-state index < -0.39 is 35.1 Å². The molecule has 0 saturated heterocycles. The van der Waals surface area contributed by atoms with Gasteiger partial charge < -0.3 is 10.2 Å². The number of fused-ring (bicyclic) bond motifs is 5. The maximum Gasteiger partial charge on any atom is 0.184 e. The molecule has 0 spiro atoms. The van der Waals surface area contributed by atoms with Crippen LogP contribution in [0.15, 0.2) is 35.5 Å². The third-order valence-electron chi connectivity index (χ3n) is 7.67. The molecule has 2 fully saturated rings. The van der Waals surface area contributed by atoms with Crippen LogP contribution in [0, 0.1) is 22.7 Å². The maximum atomic E-state index is 16.7. The molecule has 0 aliphatic heterocycles. The van der Waals surface area contributed by atoms with Crippen molar-refractivity contribution in [2.24, 2.45) is 22.7 Å². The van der Waals surface area contributed by atoms with Gasteiger partial charge >= 0.3 is 0 Å². The Bertz CT molecular complexity index is 781. The average Bonchev–Trinajstić information content (AvgIpc) is 2.93. The van der Waals surface area contributed by atoms with Gasteiger partial charge in [-0.2, -0.15) is 0 Å². The van der Waals surface area contributed by atoms with Crippen molar-refractivity contribution in [3.05, 3.63) is 35.5 Å². The van der Waals surface area contributed by atoms with E-state index in [0.717, 1.165) is 5.57 Å². The van der Waals surface area contributed by atoms with Crippen molar-refractivity contribution in [1.29, 1.82) is 0 Å². The molecule has 0 amide bonds. The lowest BCUT2D eigenvalue weighted by molar-refractivity contribution is -0.185. The standard InChI is InChI=1S/C21H25FO4/c1-19-10-18(26)21(22)15(14(19)5-6-16(19)17(25)11-23)4-3-12-9-13(24)7-8-20(12,21)2/h6-9,14-15,18,23,26H,3-5,10-11H2,1-2H3/t14-,15-,18+,19+,20+,21+/m1/s1. The number of ketones is 2. The number of aliphatic hydroxyl groups excluding tert-OH is 2. The fraction of sp³-hybridized carbons (Fsp3) is 0.619. The van der Waals surface area contributed by atoms with E-state index in [1.54, 1.807) is 13.0 Å². The molecule has 0 aromatic carbocycles. The second-order valence-electron chi connectivity index (χ2n) is 8.70. The first kappa shape index (κ1) is 17.8. The van der Waals surface area contributed by atoms with Crippen LogP contribution in [-0.4, -0.2) is 40.2 Å². The summed E-state index contributed by atoms with van der Waals surface area (Å²) in [6.45, 7) is 3.13. The van der Waals surface area contributed by atoms with Crippen molar-refractivity contribution in [3.63, 3.8) is 0 Å². The van der Waals surface area contributed by atoms with Crippen molar-refractivity contribution in [2.75, 3.05) is 6.61 Å². The van der Waals surface area contributed by atoms with Crippen molar-refractivity contribution < 1.29 is 24.2 Å². The van der Waals surface area contributed by atoms with Gasteiger partial charge in [0.1, 0.15) is 6.61 Å². The van der Waals surface area contributed by atoms with Crippen LogP contribution in [0.2, 0.25) is 0 Å². The van der Waals surface area contributed by atoms with Crippen LogP contribution in [0.5, 0.6) is 0 Å². The highest BCUT2D eigenvalue weighted by atomic mass is 19.1. The number of rotatable bonds is 2. The minimum atomic E-state index is -1.87. The first-order chi connectivity index (χ1) is 12.2. The summed E-state index contributed by atoms with van der Waals surface area (Å²) in [5, 5.41) is 20.3. The topological polar surface area (TPSA) is 74.6 Å². The number of carbonyl (C=O) groups is 2. The molecular formula is C21H25FO4. The van der Waals surface area contributed by atoms with Gasteiger partial charge in [0.05, 0.1) is 6.10 Å². The number of aliphatic hydroxyl groups is 2. The van der Waals surface area contributed by atoms with E-state index in [0.29, 0.717) is 24.8 Å². The molecule has 0 aromatic heterocycles. The number of carbonyl (C=O) groups excluding carboxylic acids is 2. The predicted molar refractivity (Wildman–Crippen MR) is 93.9 cm³/mol. The monoisotopic (exact) mass is 360 g/mol. The molecule has 0 bridgehead atoms. The zero-order valence-corrected chi connectivity index (χ0v) is 15.2. The Kier molecular flexibility index (Phi) is 3.74. The number of alkyl halides is 1. The SMILES string of the molecule is C[C@]12C=CC(=O)C=C1CC[C@@H]1[C@H]3CC=C(C(=O)CO)[C@@]3(C)C[C@H](O)[C@@]12F. The van der Waals surface area contributed by atoms with E-state index in [1.807, 2.05) is 13.0 Å². The van der Waals surface area contributed by atoms with Gasteiger partial charge in [0.25, 0.3) is 0 Å². The predicted octanol–water partition coefficient (Wildman–Crippen LogP) is 2.45. The Balaban J connectivity index is 1.79. The summed E-state index contributed by atoms with van der Waals surface area (Å²) in [4.78, 5) is 24.0. The van der Waals surface area contributed by atoms with Gasteiger partial charge in [-0.3, -0.25) is 9.59 Å². The summed E-state index contributed by atoms with van der Waals surface area (Å²) in [5.74, 6) is -0.963. The molecule has 0 radical (unpaired) electrons. The van der Waals surface area contributed by atoms with Crippen LogP contribution in [-0.2, 0) is 9.59 Å². The van der Waals surface area contributed by atoms with Crippen LogP contribution in [0.4, 0.5) is 4.39 Å². The fourth-order valence-electron chi connectivity index (χ4n) is 6.30. The molecule has 4 aliphatic carbocycles. The van der Waals surface area contributed by atoms with Gasteiger partial charge in [-0.25, -0.2) is 4.39 Å². The average molecular weight is 360 g/mol. The van der Waals surface area contributed by atoms with Gasteiger partial charge in [0.2, 0.25) is 0 Å². The van der Waals surface area contributed by atoms with E-state index >= 15 is 4.39 Å². The lowest BCUT2D eigenvalue weighted by Crippen LogP contribution is -2.66. The molecule has 2 N–H and O–H groups in total. The Labute approximate surface area is 152 Å². The summed E-state index contributed by atoms with van der Waals surface area (Å²) < 4.78 is 16.7. The van der Waals surface area contributed by atoms with Crippen molar-refractivity contribution in [1.82, 2.24) is 0 Å². The van der Waals surface area contributed by atoms with Crippen LogP contribution in [0.25, 0.3) is 0 Å². The van der Waals surface area contributed by atoms with Gasteiger partial charge in [0, 0.05) is 16.7 Å². The minimum absolute atomic E-state index is 0.0918. The van der Waals surface area contributed by atoms with Gasteiger partial charge in [0.15, 0.2) is 17.2 Å². The number of hydrogen-bond donors (Lipinski definition) is 2. The molecule has 4 nitrogen and oxygen atoms in total. The number of halogens is 1. The third kappa shape index (κ3) is 1.96. The van der Waals surface area contributed by atoms with Crippen molar-refractivity contribution in [2.45, 2.75) is 51.3 Å². The lowest BCUT2D eigenvalue weighted by atomic mass is 9.45. The Morgan fingerprint density at radius 2 is 2.08 bits per heavy atom. The van der Waals surface area contributed by atoms with Gasteiger partial charge in [-0.1, -0.05) is 24.6 Å².